The van der Waals surface area contributed by atoms with Gasteiger partial charge in [0.25, 0.3) is 11.6 Å². The number of hydrogen-bond acceptors (Lipinski definition) is 6. The normalized spacial score (nSPS) is 17.5. The predicted octanol–water partition coefficient (Wildman–Crippen LogP) is 2.56. The van der Waals surface area contributed by atoms with Crippen LogP contribution in [-0.4, -0.2) is 44.0 Å². The lowest BCUT2D eigenvalue weighted by molar-refractivity contribution is -0.384. The molecule has 1 aliphatic heterocycles. The molecule has 0 bridgehead atoms. The van der Waals surface area contributed by atoms with Crippen LogP contribution in [-0.2, 0) is 0 Å². The van der Waals surface area contributed by atoms with Crippen molar-refractivity contribution in [1.82, 2.24) is 20.1 Å². The van der Waals surface area contributed by atoms with Gasteiger partial charge in [-0.15, -0.1) is 11.3 Å². The largest absolute Gasteiger partial charge is 0.337 e. The Morgan fingerprint density at radius 2 is 2.29 bits per heavy atom. The second-order valence-corrected chi connectivity index (χ2v) is 6.78. The Bertz CT molecular complexity index is 920. The van der Waals surface area contributed by atoms with E-state index in [1.54, 1.807) is 17.0 Å². The van der Waals surface area contributed by atoms with Gasteiger partial charge in [-0.25, -0.2) is 4.98 Å². The van der Waals surface area contributed by atoms with Gasteiger partial charge in [0.2, 0.25) is 0 Å². The van der Waals surface area contributed by atoms with E-state index >= 15 is 0 Å². The molecule has 0 spiro atoms. The number of fused-ring (bicyclic) bond motifs is 1. The number of thiophene rings is 1. The number of H-pyrrole nitrogens is 1. The molecule has 24 heavy (non-hydrogen) atoms. The summed E-state index contributed by atoms with van der Waals surface area (Å²) in [6.45, 7) is 1.26. The minimum Gasteiger partial charge on any atom is -0.337 e. The van der Waals surface area contributed by atoms with Gasteiger partial charge in [0.05, 0.1) is 9.80 Å². The van der Waals surface area contributed by atoms with E-state index in [1.165, 1.54) is 29.8 Å². The number of carbonyl (C=O) groups excluding carboxylic acids is 1. The third-order valence-corrected chi connectivity index (χ3v) is 5.32. The van der Waals surface area contributed by atoms with Gasteiger partial charge in [0, 0.05) is 41.2 Å². The molecule has 1 fully saturated rings. The van der Waals surface area contributed by atoms with E-state index in [-0.39, 0.29) is 17.5 Å². The highest BCUT2D eigenvalue weighted by Crippen LogP contribution is 2.32. The molecule has 1 saturated heterocycles. The van der Waals surface area contributed by atoms with Crippen LogP contribution in [0, 0.1) is 10.1 Å². The van der Waals surface area contributed by atoms with Crippen molar-refractivity contribution in [1.29, 1.82) is 0 Å². The summed E-state index contributed by atoms with van der Waals surface area (Å²) < 4.78 is 0.870. The third kappa shape index (κ3) is 2.52. The molecule has 4 rings (SSSR count). The van der Waals surface area contributed by atoms with E-state index < -0.39 is 4.92 Å². The van der Waals surface area contributed by atoms with Gasteiger partial charge < -0.3 is 4.90 Å². The van der Waals surface area contributed by atoms with Crippen LogP contribution in [0.2, 0.25) is 0 Å². The lowest BCUT2D eigenvalue weighted by Crippen LogP contribution is -2.27. The summed E-state index contributed by atoms with van der Waals surface area (Å²) in [5.41, 5.74) is 0.0332. The highest BCUT2D eigenvalue weighted by molar-refractivity contribution is 7.20. The number of nitrogens with one attached hydrogen (secondary N) is 1. The van der Waals surface area contributed by atoms with Crippen molar-refractivity contribution >= 4 is 33.0 Å². The Labute approximate surface area is 140 Å². The Morgan fingerprint density at radius 3 is 3.04 bits per heavy atom. The van der Waals surface area contributed by atoms with Crippen molar-refractivity contribution in [2.75, 3.05) is 13.1 Å². The van der Waals surface area contributed by atoms with Crippen LogP contribution in [0.3, 0.4) is 0 Å². The molecule has 122 valence electrons. The highest BCUT2D eigenvalue weighted by Gasteiger charge is 2.30. The van der Waals surface area contributed by atoms with Crippen molar-refractivity contribution in [2.24, 2.45) is 0 Å². The van der Waals surface area contributed by atoms with Gasteiger partial charge in [-0.1, -0.05) is 0 Å². The van der Waals surface area contributed by atoms with Crippen molar-refractivity contribution in [3.05, 3.63) is 51.4 Å². The Morgan fingerprint density at radius 1 is 1.42 bits per heavy atom. The lowest BCUT2D eigenvalue weighted by Gasteiger charge is -2.14. The summed E-state index contributed by atoms with van der Waals surface area (Å²) in [5, 5.41) is 18.3. The molecule has 1 amide bonds. The van der Waals surface area contributed by atoms with Gasteiger partial charge >= 0.3 is 0 Å². The van der Waals surface area contributed by atoms with Gasteiger partial charge in [-0.05, 0) is 18.6 Å². The number of aromatic nitrogens is 3. The number of nitro groups is 1. The van der Waals surface area contributed by atoms with Crippen LogP contribution in [0.15, 0.2) is 30.6 Å². The van der Waals surface area contributed by atoms with E-state index in [0.717, 1.165) is 22.3 Å². The summed E-state index contributed by atoms with van der Waals surface area (Å²) >= 11 is 1.36. The van der Waals surface area contributed by atoms with Gasteiger partial charge in [0.15, 0.2) is 0 Å². The molecule has 0 saturated carbocycles. The molecular weight excluding hydrogens is 330 g/mol. The first-order valence-corrected chi connectivity index (χ1v) is 8.26. The smallest absolute Gasteiger partial charge is 0.270 e. The van der Waals surface area contributed by atoms with Crippen LogP contribution >= 0.6 is 11.3 Å². The summed E-state index contributed by atoms with van der Waals surface area (Å²) in [5.74, 6) is 0.935. The molecular formula is C15H13N5O3S. The van der Waals surface area contributed by atoms with Crippen LogP contribution in [0.1, 0.15) is 27.8 Å². The summed E-state index contributed by atoms with van der Waals surface area (Å²) in [6.07, 6.45) is 2.32. The molecule has 0 radical (unpaired) electrons. The number of non-ortho nitro benzene ring substituents is 1. The van der Waals surface area contributed by atoms with Crippen molar-refractivity contribution < 1.29 is 9.72 Å². The van der Waals surface area contributed by atoms with Crippen LogP contribution < -0.4 is 0 Å². The minimum absolute atomic E-state index is 0.0332. The number of benzene rings is 1. The fourth-order valence-corrected chi connectivity index (χ4v) is 4.00. The number of aromatic amines is 1. The molecule has 1 atom stereocenters. The molecule has 1 unspecified atom stereocenters. The summed E-state index contributed by atoms with van der Waals surface area (Å²) in [7, 11) is 0. The molecule has 1 aliphatic rings. The van der Waals surface area contributed by atoms with E-state index in [0.29, 0.717) is 18.0 Å². The average Bonchev–Trinajstić information content (AvgIpc) is 3.31. The van der Waals surface area contributed by atoms with Crippen molar-refractivity contribution in [2.45, 2.75) is 12.3 Å². The van der Waals surface area contributed by atoms with E-state index in [9.17, 15) is 14.9 Å². The minimum atomic E-state index is -0.430. The van der Waals surface area contributed by atoms with Crippen LogP contribution in [0.4, 0.5) is 5.69 Å². The zero-order chi connectivity index (χ0) is 16.7. The molecule has 3 heterocycles. The maximum Gasteiger partial charge on any atom is 0.270 e. The molecule has 0 aliphatic carbocycles. The number of carbonyl (C=O) groups is 1. The number of rotatable bonds is 3. The number of likely N-dealkylation sites (tertiary alicyclic amines) is 1. The standard InChI is InChI=1S/C15H13N5O3S/c21-15(19-4-3-9(7-19)14-16-8-17-18-14)13-6-10-5-11(20(22)23)1-2-12(10)24-13/h1-2,5-6,8-9H,3-4,7H2,(H,16,17,18). The monoisotopic (exact) mass is 343 g/mol. The first kappa shape index (κ1) is 14.8. The predicted molar refractivity (Wildman–Crippen MR) is 88.1 cm³/mol. The third-order valence-electron chi connectivity index (χ3n) is 4.22. The average molecular weight is 343 g/mol. The number of nitrogens with zero attached hydrogens (tertiary/aromatic N) is 4. The second kappa shape index (κ2) is 5.68. The lowest BCUT2D eigenvalue weighted by atomic mass is 10.1. The Balaban J connectivity index is 1.56. The number of hydrogen-bond donors (Lipinski definition) is 1. The first-order chi connectivity index (χ1) is 11.6. The molecule has 2 aromatic heterocycles. The van der Waals surface area contributed by atoms with E-state index in [4.69, 9.17) is 0 Å². The van der Waals surface area contributed by atoms with Crippen molar-refractivity contribution in [3.63, 3.8) is 0 Å². The topological polar surface area (TPSA) is 105 Å². The Hall–Kier alpha value is -2.81. The molecule has 8 nitrogen and oxygen atoms in total. The number of nitro benzene ring substituents is 1. The maximum absolute atomic E-state index is 12.7. The highest BCUT2D eigenvalue weighted by atomic mass is 32.1. The fourth-order valence-electron chi connectivity index (χ4n) is 2.99. The molecule has 1 N–H and O–H groups in total. The van der Waals surface area contributed by atoms with Gasteiger partial charge in [0.1, 0.15) is 12.2 Å². The summed E-state index contributed by atoms with van der Waals surface area (Å²) in [4.78, 5) is 29.7. The summed E-state index contributed by atoms with van der Waals surface area (Å²) in [6, 6.07) is 6.39. The molecule has 9 heteroatoms. The molecule has 3 aromatic rings. The van der Waals surface area contributed by atoms with Gasteiger partial charge in [-0.2, -0.15) is 5.10 Å². The van der Waals surface area contributed by atoms with Crippen LogP contribution in [0.25, 0.3) is 10.1 Å². The first-order valence-electron chi connectivity index (χ1n) is 7.44. The van der Waals surface area contributed by atoms with Crippen LogP contribution in [0.5, 0.6) is 0 Å². The zero-order valence-corrected chi connectivity index (χ0v) is 13.3. The maximum atomic E-state index is 12.7. The zero-order valence-electron chi connectivity index (χ0n) is 12.5. The second-order valence-electron chi connectivity index (χ2n) is 5.70. The van der Waals surface area contributed by atoms with E-state index in [2.05, 4.69) is 15.2 Å². The van der Waals surface area contributed by atoms with Gasteiger partial charge in [-0.3, -0.25) is 20.0 Å². The van der Waals surface area contributed by atoms with Crippen molar-refractivity contribution in [3.8, 4) is 0 Å². The SMILES string of the molecule is O=C(c1cc2cc([N+](=O)[O-])ccc2s1)N1CCC(c2ncn[nH]2)C1. The van der Waals surface area contributed by atoms with E-state index in [1.807, 2.05) is 0 Å². The Kier molecular flexibility index (Phi) is 3.49. The molecule has 1 aromatic carbocycles. The number of amides is 1. The quantitative estimate of drug-likeness (QED) is 0.581. The fraction of sp³-hybridized carbons (Fsp3) is 0.267.